The van der Waals surface area contributed by atoms with E-state index in [2.05, 4.69) is 5.32 Å². The van der Waals surface area contributed by atoms with Gasteiger partial charge in [-0.1, -0.05) is 55.3 Å². The van der Waals surface area contributed by atoms with Crippen LogP contribution < -0.4 is 9.62 Å². The molecule has 1 aliphatic carbocycles. The molecular formula is C30H32F3N3O4S. The minimum atomic E-state index is -4.13. The largest absolute Gasteiger partial charge is 0.352 e. The lowest BCUT2D eigenvalue weighted by Crippen LogP contribution is -2.54. The normalized spacial score (nSPS) is 14.4. The summed E-state index contributed by atoms with van der Waals surface area (Å²) >= 11 is 0. The van der Waals surface area contributed by atoms with Gasteiger partial charge < -0.3 is 10.2 Å². The van der Waals surface area contributed by atoms with Gasteiger partial charge in [-0.05, 0) is 48.2 Å². The minimum Gasteiger partial charge on any atom is -0.352 e. The smallest absolute Gasteiger partial charge is 0.244 e. The monoisotopic (exact) mass is 587 g/mol. The molecule has 11 heteroatoms. The number of rotatable bonds is 11. The maximum atomic E-state index is 14.0. The van der Waals surface area contributed by atoms with Gasteiger partial charge in [-0.25, -0.2) is 21.6 Å². The number of anilines is 1. The standard InChI is InChI=1S/C30H32F3N3O4S/c1-41(39,40)36(25-15-16-26(32)27(33)18-25)20-29(37)35(19-22-11-13-23(31)14-12-22)28(17-21-7-3-2-4-8-21)30(38)34-24-9-5-6-10-24/h2-4,7-8,11-16,18,24,28H,5-6,9-10,17,19-20H2,1H3,(H,34,38)/t28-/m1/s1. The molecule has 0 radical (unpaired) electrons. The highest BCUT2D eigenvalue weighted by molar-refractivity contribution is 7.92. The van der Waals surface area contributed by atoms with Gasteiger partial charge in [0, 0.05) is 25.1 Å². The SMILES string of the molecule is CS(=O)(=O)N(CC(=O)N(Cc1ccc(F)cc1)[C@H](Cc1ccccc1)C(=O)NC1CCCC1)c1ccc(F)c(F)c1. The lowest BCUT2D eigenvalue weighted by Gasteiger charge is -2.34. The molecule has 7 nitrogen and oxygen atoms in total. The molecule has 1 N–H and O–H groups in total. The van der Waals surface area contributed by atoms with Gasteiger partial charge in [0.1, 0.15) is 18.4 Å². The number of amides is 2. The minimum absolute atomic E-state index is 0.0433. The summed E-state index contributed by atoms with van der Waals surface area (Å²) < 4.78 is 67.4. The highest BCUT2D eigenvalue weighted by Gasteiger charge is 2.34. The summed E-state index contributed by atoms with van der Waals surface area (Å²) in [4.78, 5) is 29.0. The quantitative estimate of drug-likeness (QED) is 0.356. The molecule has 218 valence electrons. The Hall–Kier alpha value is -3.86. The predicted molar refractivity (Wildman–Crippen MR) is 150 cm³/mol. The number of halogens is 3. The van der Waals surface area contributed by atoms with Crippen LogP contribution in [0.2, 0.25) is 0 Å². The molecule has 3 aromatic carbocycles. The number of nitrogens with zero attached hydrogens (tertiary/aromatic N) is 2. The first-order valence-electron chi connectivity index (χ1n) is 13.3. The zero-order valence-corrected chi connectivity index (χ0v) is 23.4. The molecular weight excluding hydrogens is 555 g/mol. The van der Waals surface area contributed by atoms with Gasteiger partial charge in [0.25, 0.3) is 0 Å². The Morgan fingerprint density at radius 3 is 2.17 bits per heavy atom. The van der Waals surface area contributed by atoms with E-state index < -0.39 is 51.9 Å². The van der Waals surface area contributed by atoms with Crippen molar-refractivity contribution in [1.82, 2.24) is 10.2 Å². The number of hydrogen-bond acceptors (Lipinski definition) is 4. The van der Waals surface area contributed by atoms with Crippen LogP contribution in [0.5, 0.6) is 0 Å². The summed E-state index contributed by atoms with van der Waals surface area (Å²) in [6, 6.07) is 15.9. The van der Waals surface area contributed by atoms with Crippen molar-refractivity contribution < 1.29 is 31.2 Å². The van der Waals surface area contributed by atoms with Crippen LogP contribution in [0, 0.1) is 17.5 Å². The first-order valence-corrected chi connectivity index (χ1v) is 15.2. The summed E-state index contributed by atoms with van der Waals surface area (Å²) in [5.41, 5.74) is 1.05. The lowest BCUT2D eigenvalue weighted by atomic mass is 10.0. The van der Waals surface area contributed by atoms with E-state index in [0.717, 1.165) is 49.6 Å². The van der Waals surface area contributed by atoms with Crippen molar-refractivity contribution in [3.8, 4) is 0 Å². The van der Waals surface area contributed by atoms with E-state index in [1.165, 1.54) is 29.2 Å². The van der Waals surface area contributed by atoms with Crippen molar-refractivity contribution in [2.75, 3.05) is 17.1 Å². The van der Waals surface area contributed by atoms with Gasteiger partial charge in [0.15, 0.2) is 11.6 Å². The Kier molecular flexibility index (Phi) is 9.69. The van der Waals surface area contributed by atoms with E-state index in [4.69, 9.17) is 0 Å². The highest BCUT2D eigenvalue weighted by Crippen LogP contribution is 2.23. The molecule has 0 aliphatic heterocycles. The van der Waals surface area contributed by atoms with Crippen LogP contribution in [-0.4, -0.2) is 50.0 Å². The van der Waals surface area contributed by atoms with Crippen LogP contribution in [0.3, 0.4) is 0 Å². The van der Waals surface area contributed by atoms with Gasteiger partial charge in [-0.2, -0.15) is 0 Å². The zero-order valence-electron chi connectivity index (χ0n) is 22.6. The number of benzene rings is 3. The van der Waals surface area contributed by atoms with E-state index in [1.54, 1.807) is 0 Å². The lowest BCUT2D eigenvalue weighted by molar-refractivity contribution is -0.140. The fourth-order valence-electron chi connectivity index (χ4n) is 4.96. The summed E-state index contributed by atoms with van der Waals surface area (Å²) in [6.45, 7) is -0.892. The topological polar surface area (TPSA) is 86.8 Å². The Morgan fingerprint density at radius 1 is 0.902 bits per heavy atom. The van der Waals surface area contributed by atoms with Crippen molar-refractivity contribution in [2.24, 2.45) is 0 Å². The van der Waals surface area contributed by atoms with E-state index >= 15 is 0 Å². The summed E-state index contributed by atoms with van der Waals surface area (Å²) in [7, 11) is -4.13. The van der Waals surface area contributed by atoms with Gasteiger partial charge in [0.05, 0.1) is 11.9 Å². The fourth-order valence-corrected chi connectivity index (χ4v) is 5.80. The van der Waals surface area contributed by atoms with Crippen LogP contribution in [-0.2, 0) is 32.6 Å². The molecule has 1 fully saturated rings. The molecule has 2 amide bonds. The second-order valence-corrected chi connectivity index (χ2v) is 12.1. The second-order valence-electron chi connectivity index (χ2n) is 10.2. The Balaban J connectivity index is 1.72. The van der Waals surface area contributed by atoms with Gasteiger partial charge >= 0.3 is 0 Å². The third-order valence-electron chi connectivity index (χ3n) is 7.11. The third kappa shape index (κ3) is 8.09. The number of carbonyl (C=O) groups excluding carboxylic acids is 2. The molecule has 0 heterocycles. The average molecular weight is 588 g/mol. The maximum Gasteiger partial charge on any atom is 0.244 e. The molecule has 0 bridgehead atoms. The summed E-state index contributed by atoms with van der Waals surface area (Å²) in [6.07, 6.45) is 4.56. The molecule has 0 aromatic heterocycles. The van der Waals surface area contributed by atoms with Crippen molar-refractivity contribution in [3.63, 3.8) is 0 Å². The van der Waals surface area contributed by atoms with Crippen molar-refractivity contribution in [3.05, 3.63) is 101 Å². The third-order valence-corrected chi connectivity index (χ3v) is 8.25. The highest BCUT2D eigenvalue weighted by atomic mass is 32.2. The van der Waals surface area contributed by atoms with E-state index in [9.17, 15) is 31.2 Å². The van der Waals surface area contributed by atoms with Crippen LogP contribution in [0.4, 0.5) is 18.9 Å². The number of sulfonamides is 1. The van der Waals surface area contributed by atoms with Crippen LogP contribution in [0.15, 0.2) is 72.8 Å². The average Bonchev–Trinajstić information content (AvgIpc) is 3.45. The Bertz CT molecular complexity index is 1460. The van der Waals surface area contributed by atoms with Gasteiger partial charge in [0.2, 0.25) is 21.8 Å². The molecule has 3 aromatic rings. The van der Waals surface area contributed by atoms with Crippen molar-refractivity contribution in [1.29, 1.82) is 0 Å². The van der Waals surface area contributed by atoms with Crippen molar-refractivity contribution in [2.45, 2.75) is 50.7 Å². The van der Waals surface area contributed by atoms with E-state index in [0.29, 0.717) is 15.9 Å². The number of nitrogens with one attached hydrogen (secondary N) is 1. The van der Waals surface area contributed by atoms with E-state index in [1.807, 2.05) is 30.3 Å². The van der Waals surface area contributed by atoms with Crippen LogP contribution >= 0.6 is 0 Å². The molecule has 0 unspecified atom stereocenters. The van der Waals surface area contributed by atoms with Crippen molar-refractivity contribution >= 4 is 27.5 Å². The molecule has 1 saturated carbocycles. The Labute approximate surface area is 238 Å². The van der Waals surface area contributed by atoms with Gasteiger partial charge in [-0.15, -0.1) is 0 Å². The molecule has 0 saturated heterocycles. The first-order chi connectivity index (χ1) is 19.5. The maximum absolute atomic E-state index is 14.0. The zero-order chi connectivity index (χ0) is 29.6. The summed E-state index contributed by atoms with van der Waals surface area (Å²) in [5.74, 6) is -4.06. The molecule has 1 aliphatic rings. The number of carbonyl (C=O) groups is 2. The number of hydrogen-bond donors (Lipinski definition) is 1. The Morgan fingerprint density at radius 2 is 1.56 bits per heavy atom. The second kappa shape index (κ2) is 13.2. The van der Waals surface area contributed by atoms with Gasteiger partial charge in [-0.3, -0.25) is 13.9 Å². The molecule has 1 atom stereocenters. The fraction of sp³-hybridized carbons (Fsp3) is 0.333. The summed E-state index contributed by atoms with van der Waals surface area (Å²) in [5, 5.41) is 3.04. The van der Waals surface area contributed by atoms with Crippen LogP contribution in [0.1, 0.15) is 36.8 Å². The molecule has 41 heavy (non-hydrogen) atoms. The van der Waals surface area contributed by atoms with E-state index in [-0.39, 0.29) is 24.7 Å². The van der Waals surface area contributed by atoms with Crippen LogP contribution in [0.25, 0.3) is 0 Å². The molecule has 0 spiro atoms. The predicted octanol–water partition coefficient (Wildman–Crippen LogP) is 4.57. The first kappa shape index (κ1) is 30.1. The molecule has 4 rings (SSSR count).